The van der Waals surface area contributed by atoms with Gasteiger partial charge in [0.1, 0.15) is 5.76 Å². The minimum absolute atomic E-state index is 0.411. The summed E-state index contributed by atoms with van der Waals surface area (Å²) >= 11 is 0. The lowest BCUT2D eigenvalue weighted by Gasteiger charge is -2.24. The largest absolute Gasteiger partial charge is 0.361 e. The first-order valence-electron chi connectivity index (χ1n) is 7.90. The van der Waals surface area contributed by atoms with Gasteiger partial charge in [0.2, 0.25) is 0 Å². The maximum Gasteiger partial charge on any atom is 0.138 e. The maximum absolute atomic E-state index is 5.36. The van der Waals surface area contributed by atoms with E-state index in [0.717, 1.165) is 36.8 Å². The molecular weight excluding hydrogens is 276 g/mol. The van der Waals surface area contributed by atoms with Crippen molar-refractivity contribution in [2.24, 2.45) is 0 Å². The van der Waals surface area contributed by atoms with E-state index in [4.69, 9.17) is 4.52 Å². The van der Waals surface area contributed by atoms with E-state index in [1.807, 2.05) is 24.6 Å². The highest BCUT2D eigenvalue weighted by atomic mass is 16.5. The molecule has 118 valence electrons. The zero-order valence-electron chi connectivity index (χ0n) is 13.7. The van der Waals surface area contributed by atoms with E-state index < -0.39 is 0 Å². The third-order valence-electron chi connectivity index (χ3n) is 4.52. The summed E-state index contributed by atoms with van der Waals surface area (Å²) in [5.41, 5.74) is 4.69. The van der Waals surface area contributed by atoms with Crippen molar-refractivity contribution >= 4 is 0 Å². The predicted octanol–water partition coefficient (Wildman–Crippen LogP) is 3.32. The van der Waals surface area contributed by atoms with Crippen molar-refractivity contribution in [1.29, 1.82) is 0 Å². The molecule has 3 rings (SSSR count). The van der Waals surface area contributed by atoms with Gasteiger partial charge in [0.15, 0.2) is 0 Å². The van der Waals surface area contributed by atoms with Gasteiger partial charge in [0.05, 0.1) is 17.9 Å². The fraction of sp³-hybridized carbons (Fsp3) is 0.529. The van der Waals surface area contributed by atoms with Crippen molar-refractivity contribution in [3.8, 4) is 0 Å². The Balaban J connectivity index is 1.81. The van der Waals surface area contributed by atoms with Crippen molar-refractivity contribution in [2.75, 3.05) is 6.54 Å². The number of rotatable bonds is 5. The van der Waals surface area contributed by atoms with E-state index in [-0.39, 0.29) is 0 Å². The van der Waals surface area contributed by atoms with Gasteiger partial charge < -0.3 is 4.52 Å². The van der Waals surface area contributed by atoms with Gasteiger partial charge in [0, 0.05) is 29.9 Å². The second kappa shape index (κ2) is 6.08. The SMILES string of the molecule is C=CCn1cc(CN2CCC[C@@H]2c2c(C)noc2C)c(C)n1. The molecule has 1 atom stereocenters. The van der Waals surface area contributed by atoms with Crippen molar-refractivity contribution in [3.05, 3.63) is 47.1 Å². The van der Waals surface area contributed by atoms with Crippen molar-refractivity contribution < 1.29 is 4.52 Å². The summed E-state index contributed by atoms with van der Waals surface area (Å²) in [5, 5.41) is 8.67. The number of aromatic nitrogens is 3. The normalized spacial score (nSPS) is 19.0. The Labute approximate surface area is 131 Å². The van der Waals surface area contributed by atoms with Crippen LogP contribution < -0.4 is 0 Å². The van der Waals surface area contributed by atoms with E-state index >= 15 is 0 Å². The molecule has 1 fully saturated rings. The lowest BCUT2D eigenvalue weighted by atomic mass is 10.0. The summed E-state index contributed by atoms with van der Waals surface area (Å²) in [7, 11) is 0. The summed E-state index contributed by atoms with van der Waals surface area (Å²) in [6.45, 7) is 12.7. The van der Waals surface area contributed by atoms with Crippen LogP contribution >= 0.6 is 0 Å². The van der Waals surface area contributed by atoms with Crippen molar-refractivity contribution in [3.63, 3.8) is 0 Å². The highest BCUT2D eigenvalue weighted by Crippen LogP contribution is 2.36. The second-order valence-corrected chi connectivity index (χ2v) is 6.12. The second-order valence-electron chi connectivity index (χ2n) is 6.12. The van der Waals surface area contributed by atoms with Crippen LogP contribution in [0, 0.1) is 20.8 Å². The van der Waals surface area contributed by atoms with Gasteiger partial charge in [0.25, 0.3) is 0 Å². The molecular formula is C17H24N4O. The quantitative estimate of drug-likeness (QED) is 0.795. The molecule has 0 bridgehead atoms. The van der Waals surface area contributed by atoms with Crippen LogP contribution in [0.15, 0.2) is 23.4 Å². The number of nitrogens with zero attached hydrogens (tertiary/aromatic N) is 4. The fourth-order valence-electron chi connectivity index (χ4n) is 3.47. The number of hydrogen-bond acceptors (Lipinski definition) is 4. The van der Waals surface area contributed by atoms with Crippen LogP contribution in [-0.2, 0) is 13.1 Å². The first-order valence-corrected chi connectivity index (χ1v) is 7.90. The van der Waals surface area contributed by atoms with Gasteiger partial charge in [-0.15, -0.1) is 6.58 Å². The molecule has 1 aliphatic heterocycles. The Morgan fingerprint density at radius 2 is 2.18 bits per heavy atom. The van der Waals surface area contributed by atoms with Gasteiger partial charge in [-0.05, 0) is 40.2 Å². The van der Waals surface area contributed by atoms with E-state index in [1.54, 1.807) is 0 Å². The summed E-state index contributed by atoms with van der Waals surface area (Å²) in [5.74, 6) is 0.952. The molecule has 5 nitrogen and oxygen atoms in total. The average molecular weight is 300 g/mol. The monoisotopic (exact) mass is 300 g/mol. The molecule has 0 unspecified atom stereocenters. The number of hydrogen-bond donors (Lipinski definition) is 0. The van der Waals surface area contributed by atoms with E-state index in [1.165, 1.54) is 24.0 Å². The zero-order chi connectivity index (χ0) is 15.7. The molecule has 0 amide bonds. The number of aryl methyl sites for hydroxylation is 3. The first-order chi connectivity index (χ1) is 10.6. The van der Waals surface area contributed by atoms with Gasteiger partial charge >= 0.3 is 0 Å². The summed E-state index contributed by atoms with van der Waals surface area (Å²) in [6.07, 6.45) is 6.40. The standard InChI is InChI=1S/C17H24N4O/c1-5-8-21-11-15(12(2)18-21)10-20-9-6-7-16(20)17-13(3)19-22-14(17)4/h5,11,16H,1,6-10H2,2-4H3/t16-/m1/s1. The molecule has 0 aliphatic carbocycles. The Hall–Kier alpha value is -1.88. The van der Waals surface area contributed by atoms with Crippen LogP contribution in [0.1, 0.15) is 47.2 Å². The molecule has 2 aromatic heterocycles. The maximum atomic E-state index is 5.36. The van der Waals surface area contributed by atoms with Crippen LogP contribution in [0.4, 0.5) is 0 Å². The smallest absolute Gasteiger partial charge is 0.138 e. The minimum atomic E-state index is 0.411. The van der Waals surface area contributed by atoms with Gasteiger partial charge in [-0.1, -0.05) is 11.2 Å². The molecule has 3 heterocycles. The highest BCUT2D eigenvalue weighted by Gasteiger charge is 2.31. The van der Waals surface area contributed by atoms with Gasteiger partial charge in [-0.2, -0.15) is 5.10 Å². The van der Waals surface area contributed by atoms with Crippen LogP contribution in [0.5, 0.6) is 0 Å². The molecule has 2 aromatic rings. The van der Waals surface area contributed by atoms with E-state index in [0.29, 0.717) is 6.04 Å². The lowest BCUT2D eigenvalue weighted by molar-refractivity contribution is 0.245. The fourth-order valence-corrected chi connectivity index (χ4v) is 3.47. The van der Waals surface area contributed by atoms with Crippen LogP contribution in [0.2, 0.25) is 0 Å². The summed E-state index contributed by atoms with van der Waals surface area (Å²) in [6, 6.07) is 0.411. The van der Waals surface area contributed by atoms with Crippen molar-refractivity contribution in [1.82, 2.24) is 19.8 Å². The molecule has 0 aromatic carbocycles. The van der Waals surface area contributed by atoms with Crippen LogP contribution in [0.25, 0.3) is 0 Å². The predicted molar refractivity (Wildman–Crippen MR) is 85.5 cm³/mol. The molecule has 5 heteroatoms. The average Bonchev–Trinajstić information content (AvgIpc) is 3.13. The number of allylic oxidation sites excluding steroid dienone is 1. The van der Waals surface area contributed by atoms with E-state index in [9.17, 15) is 0 Å². The lowest BCUT2D eigenvalue weighted by Crippen LogP contribution is -2.23. The Kier molecular flexibility index (Phi) is 4.16. The molecule has 1 aliphatic rings. The zero-order valence-corrected chi connectivity index (χ0v) is 13.7. The molecule has 0 N–H and O–H groups in total. The van der Waals surface area contributed by atoms with Gasteiger partial charge in [-0.3, -0.25) is 9.58 Å². The third kappa shape index (κ3) is 2.73. The first kappa shape index (κ1) is 15.0. The summed E-state index contributed by atoms with van der Waals surface area (Å²) in [4.78, 5) is 2.52. The van der Waals surface area contributed by atoms with E-state index in [2.05, 4.69) is 34.9 Å². The minimum Gasteiger partial charge on any atom is -0.361 e. The van der Waals surface area contributed by atoms with Crippen molar-refractivity contribution in [2.45, 2.75) is 52.7 Å². The molecule has 1 saturated heterocycles. The highest BCUT2D eigenvalue weighted by molar-refractivity contribution is 5.27. The Morgan fingerprint density at radius 3 is 2.86 bits per heavy atom. The molecule has 0 spiro atoms. The van der Waals surface area contributed by atoms with Crippen LogP contribution in [0.3, 0.4) is 0 Å². The Bertz CT molecular complexity index is 651. The van der Waals surface area contributed by atoms with Gasteiger partial charge in [-0.25, -0.2) is 0 Å². The Morgan fingerprint density at radius 1 is 1.36 bits per heavy atom. The number of likely N-dealkylation sites (tertiary alicyclic amines) is 1. The topological polar surface area (TPSA) is 47.1 Å². The molecule has 22 heavy (non-hydrogen) atoms. The molecule has 0 radical (unpaired) electrons. The van der Waals surface area contributed by atoms with Crippen LogP contribution in [-0.4, -0.2) is 26.4 Å². The summed E-state index contributed by atoms with van der Waals surface area (Å²) < 4.78 is 7.32. The third-order valence-corrected chi connectivity index (χ3v) is 4.52. The molecule has 0 saturated carbocycles.